The molecule has 0 fully saturated rings. The minimum absolute atomic E-state index is 0.0880. The van der Waals surface area contributed by atoms with Crippen molar-refractivity contribution in [2.24, 2.45) is 0 Å². The molecule has 0 aliphatic heterocycles. The molecule has 1 aromatic rings. The third-order valence-corrected chi connectivity index (χ3v) is 0.901. The molecule has 3 heteroatoms. The van der Waals surface area contributed by atoms with E-state index >= 15 is 0 Å². The standard InChI is InChI=1S/C5H6BNO/c6-4-1-2-7-5(8)3-4/h1-3H,6H2,(H,7,8). The summed E-state index contributed by atoms with van der Waals surface area (Å²) in [6.45, 7) is 0. The smallest absolute Gasteiger partial charge is 0.210 e. The predicted octanol–water partition coefficient (Wildman–Crippen LogP) is -0.954. The van der Waals surface area contributed by atoms with Crippen LogP contribution in [-0.4, -0.2) is 17.9 Å². The summed E-state index contributed by atoms with van der Waals surface area (Å²) in [5, 5.41) is 8.70. The fourth-order valence-electron chi connectivity index (χ4n) is 0.520. The second-order valence-corrected chi connectivity index (χ2v) is 1.69. The van der Waals surface area contributed by atoms with E-state index in [-0.39, 0.29) is 5.88 Å². The van der Waals surface area contributed by atoms with Crippen molar-refractivity contribution in [1.29, 1.82) is 0 Å². The van der Waals surface area contributed by atoms with Gasteiger partial charge in [0.05, 0.1) is 0 Å². The lowest BCUT2D eigenvalue weighted by Crippen LogP contribution is -1.99. The van der Waals surface area contributed by atoms with Gasteiger partial charge in [-0.15, -0.1) is 0 Å². The second-order valence-electron chi connectivity index (χ2n) is 1.69. The first-order valence-electron chi connectivity index (χ1n) is 2.40. The van der Waals surface area contributed by atoms with Crippen molar-refractivity contribution in [3.8, 4) is 5.88 Å². The maximum Gasteiger partial charge on any atom is 0.210 e. The van der Waals surface area contributed by atoms with E-state index in [1.807, 2.05) is 13.9 Å². The van der Waals surface area contributed by atoms with Crippen molar-refractivity contribution < 1.29 is 5.11 Å². The van der Waals surface area contributed by atoms with Crippen LogP contribution < -0.4 is 5.46 Å². The zero-order chi connectivity index (χ0) is 5.98. The minimum atomic E-state index is 0.0880. The third kappa shape index (κ3) is 0.995. The fourth-order valence-corrected chi connectivity index (χ4v) is 0.520. The summed E-state index contributed by atoms with van der Waals surface area (Å²) in [6.07, 6.45) is 1.57. The average molecular weight is 107 g/mol. The van der Waals surface area contributed by atoms with Crippen molar-refractivity contribution >= 4 is 13.3 Å². The first kappa shape index (κ1) is 5.16. The molecule has 0 bridgehead atoms. The van der Waals surface area contributed by atoms with E-state index in [0.717, 1.165) is 5.46 Å². The number of aromatic hydroxyl groups is 1. The van der Waals surface area contributed by atoms with Crippen LogP contribution in [0.15, 0.2) is 18.3 Å². The molecule has 2 nitrogen and oxygen atoms in total. The van der Waals surface area contributed by atoms with E-state index in [9.17, 15) is 0 Å². The predicted molar refractivity (Wildman–Crippen MR) is 34.1 cm³/mol. The highest BCUT2D eigenvalue weighted by molar-refractivity contribution is 6.32. The Hall–Kier alpha value is -0.985. The van der Waals surface area contributed by atoms with Gasteiger partial charge in [0, 0.05) is 6.20 Å². The van der Waals surface area contributed by atoms with Gasteiger partial charge in [-0.1, -0.05) is 5.46 Å². The Morgan fingerprint density at radius 1 is 1.62 bits per heavy atom. The molecule has 1 N–H and O–H groups in total. The van der Waals surface area contributed by atoms with Gasteiger partial charge in [0.25, 0.3) is 0 Å². The topological polar surface area (TPSA) is 33.1 Å². The molecule has 0 aliphatic rings. The normalized spacial score (nSPS) is 9.00. The zero-order valence-electron chi connectivity index (χ0n) is 4.63. The highest BCUT2D eigenvalue weighted by atomic mass is 16.3. The van der Waals surface area contributed by atoms with Gasteiger partial charge < -0.3 is 5.11 Å². The lowest BCUT2D eigenvalue weighted by molar-refractivity contribution is 0.454. The van der Waals surface area contributed by atoms with E-state index in [2.05, 4.69) is 4.98 Å². The van der Waals surface area contributed by atoms with Crippen LogP contribution in [0.3, 0.4) is 0 Å². The van der Waals surface area contributed by atoms with Crippen LogP contribution in [0.2, 0.25) is 0 Å². The summed E-state index contributed by atoms with van der Waals surface area (Å²) in [6, 6.07) is 3.44. The molecule has 40 valence electrons. The first-order chi connectivity index (χ1) is 3.79. The molecule has 0 saturated carbocycles. The molecule has 1 heterocycles. The minimum Gasteiger partial charge on any atom is -0.493 e. The summed E-state index contributed by atoms with van der Waals surface area (Å²) >= 11 is 0. The molecule has 0 aromatic carbocycles. The van der Waals surface area contributed by atoms with Crippen molar-refractivity contribution in [2.45, 2.75) is 0 Å². The van der Waals surface area contributed by atoms with Gasteiger partial charge in [0.2, 0.25) is 5.88 Å². The van der Waals surface area contributed by atoms with Crippen molar-refractivity contribution in [2.75, 3.05) is 0 Å². The molecule has 8 heavy (non-hydrogen) atoms. The van der Waals surface area contributed by atoms with Crippen molar-refractivity contribution in [3.05, 3.63) is 18.3 Å². The van der Waals surface area contributed by atoms with Gasteiger partial charge in [-0.3, -0.25) is 0 Å². The average Bonchev–Trinajstić information content (AvgIpc) is 1.64. The van der Waals surface area contributed by atoms with Crippen LogP contribution in [0.5, 0.6) is 5.88 Å². The first-order valence-corrected chi connectivity index (χ1v) is 2.40. The Morgan fingerprint density at radius 2 is 2.38 bits per heavy atom. The van der Waals surface area contributed by atoms with E-state index < -0.39 is 0 Å². The maximum atomic E-state index is 8.70. The Balaban J connectivity index is 3.08. The molecule has 0 atom stereocenters. The summed E-state index contributed by atoms with van der Waals surface area (Å²) < 4.78 is 0. The summed E-state index contributed by atoms with van der Waals surface area (Å²) in [7, 11) is 1.90. The van der Waals surface area contributed by atoms with E-state index in [0.29, 0.717) is 0 Å². The fraction of sp³-hybridized carbons (Fsp3) is 0. The SMILES string of the molecule is Bc1ccnc(O)c1. The Kier molecular flexibility index (Phi) is 1.20. The number of pyridine rings is 1. The highest BCUT2D eigenvalue weighted by Gasteiger charge is 1.84. The van der Waals surface area contributed by atoms with E-state index in [4.69, 9.17) is 5.11 Å². The zero-order valence-corrected chi connectivity index (χ0v) is 4.63. The Morgan fingerprint density at radius 3 is 2.75 bits per heavy atom. The van der Waals surface area contributed by atoms with Crippen molar-refractivity contribution in [3.63, 3.8) is 0 Å². The molecule has 0 radical (unpaired) electrons. The number of nitrogens with zero attached hydrogens (tertiary/aromatic N) is 1. The van der Waals surface area contributed by atoms with Gasteiger partial charge in [-0.25, -0.2) is 4.98 Å². The lowest BCUT2D eigenvalue weighted by Gasteiger charge is -1.88. The molecular formula is C5H6BNO. The number of rotatable bonds is 0. The Labute approximate surface area is 48.6 Å². The molecule has 0 saturated heterocycles. The van der Waals surface area contributed by atoms with Crippen LogP contribution in [0.4, 0.5) is 0 Å². The van der Waals surface area contributed by atoms with E-state index in [1.54, 1.807) is 12.3 Å². The molecule has 0 aliphatic carbocycles. The molecule has 0 unspecified atom stereocenters. The molecule has 0 spiro atoms. The van der Waals surface area contributed by atoms with Crippen LogP contribution in [0.1, 0.15) is 0 Å². The number of aromatic nitrogens is 1. The summed E-state index contributed by atoms with van der Waals surface area (Å²) in [4.78, 5) is 3.60. The van der Waals surface area contributed by atoms with Crippen LogP contribution in [-0.2, 0) is 0 Å². The van der Waals surface area contributed by atoms with Crippen molar-refractivity contribution in [1.82, 2.24) is 4.98 Å². The summed E-state index contributed by atoms with van der Waals surface area (Å²) in [5.41, 5.74) is 1.03. The molecule has 1 aromatic heterocycles. The summed E-state index contributed by atoms with van der Waals surface area (Å²) in [5.74, 6) is 0.0880. The number of hydrogen-bond acceptors (Lipinski definition) is 2. The molecular weight excluding hydrogens is 101 g/mol. The van der Waals surface area contributed by atoms with Crippen LogP contribution >= 0.6 is 0 Å². The highest BCUT2D eigenvalue weighted by Crippen LogP contribution is 1.94. The number of hydrogen-bond donors (Lipinski definition) is 1. The van der Waals surface area contributed by atoms with Gasteiger partial charge in [-0.2, -0.15) is 0 Å². The second kappa shape index (κ2) is 1.86. The van der Waals surface area contributed by atoms with Crippen LogP contribution in [0, 0.1) is 0 Å². The monoisotopic (exact) mass is 107 g/mol. The lowest BCUT2D eigenvalue weighted by atomic mass is 9.98. The molecule has 0 amide bonds. The third-order valence-electron chi connectivity index (χ3n) is 0.901. The molecule has 1 rings (SSSR count). The Bertz CT molecular complexity index is 172. The van der Waals surface area contributed by atoms with E-state index in [1.165, 1.54) is 0 Å². The largest absolute Gasteiger partial charge is 0.493 e. The van der Waals surface area contributed by atoms with Gasteiger partial charge in [0.15, 0.2) is 0 Å². The maximum absolute atomic E-state index is 8.70. The quantitative estimate of drug-likeness (QED) is 0.433. The van der Waals surface area contributed by atoms with Gasteiger partial charge >= 0.3 is 0 Å². The van der Waals surface area contributed by atoms with Gasteiger partial charge in [-0.05, 0) is 12.1 Å². The van der Waals surface area contributed by atoms with Crippen LogP contribution in [0.25, 0.3) is 0 Å². The van der Waals surface area contributed by atoms with Gasteiger partial charge in [0.1, 0.15) is 7.85 Å².